The van der Waals surface area contributed by atoms with Crippen molar-refractivity contribution in [3.05, 3.63) is 23.5 Å². The molecular formula is C13H16N2OS. The molecule has 1 rings (SSSR count). The first-order chi connectivity index (χ1) is 7.92. The molecule has 1 aromatic heterocycles. The molecule has 0 saturated heterocycles. The number of nitrogens with zero attached hydrogens (tertiary/aromatic N) is 2. The van der Waals surface area contributed by atoms with Crippen molar-refractivity contribution in [3.63, 3.8) is 0 Å². The monoisotopic (exact) mass is 248 g/mol. The second kappa shape index (κ2) is 5.33. The highest BCUT2D eigenvalue weighted by Crippen LogP contribution is 2.28. The molecule has 1 aromatic rings. The van der Waals surface area contributed by atoms with E-state index in [1.54, 1.807) is 18.0 Å². The van der Waals surface area contributed by atoms with E-state index in [9.17, 15) is 4.79 Å². The molecule has 0 unspecified atom stereocenters. The van der Waals surface area contributed by atoms with E-state index in [0.717, 1.165) is 16.2 Å². The van der Waals surface area contributed by atoms with Gasteiger partial charge in [-0.1, -0.05) is 6.92 Å². The number of nitriles is 1. The van der Waals surface area contributed by atoms with Gasteiger partial charge in [0.15, 0.2) is 5.78 Å². The molecule has 0 bridgehead atoms. The molecule has 4 heteroatoms. The number of Topliss-reactive ketones (excluding diaryl/α,β-unsaturated/α-hetero) is 1. The lowest BCUT2D eigenvalue weighted by molar-refractivity contribution is 0.101. The lowest BCUT2D eigenvalue weighted by atomic mass is 9.87. The van der Waals surface area contributed by atoms with Gasteiger partial charge in [0.2, 0.25) is 0 Å². The quantitative estimate of drug-likeness (QED) is 0.606. The van der Waals surface area contributed by atoms with Crippen LogP contribution in [0.25, 0.3) is 0 Å². The summed E-state index contributed by atoms with van der Waals surface area (Å²) in [6.07, 6.45) is 1.62. The van der Waals surface area contributed by atoms with E-state index in [-0.39, 0.29) is 5.78 Å². The summed E-state index contributed by atoms with van der Waals surface area (Å²) in [5, 5.41) is 9.10. The zero-order valence-electron chi connectivity index (χ0n) is 10.6. The van der Waals surface area contributed by atoms with Crippen molar-refractivity contribution in [2.75, 3.05) is 5.75 Å². The lowest BCUT2D eigenvalue weighted by Gasteiger charge is -2.17. The van der Waals surface area contributed by atoms with Gasteiger partial charge in [-0.25, -0.2) is 0 Å². The molecule has 3 nitrogen and oxygen atoms in total. The average molecular weight is 248 g/mol. The van der Waals surface area contributed by atoms with Crippen molar-refractivity contribution in [2.24, 2.45) is 0 Å². The summed E-state index contributed by atoms with van der Waals surface area (Å²) in [7, 11) is 0. The third-order valence-electron chi connectivity index (χ3n) is 2.49. The topological polar surface area (TPSA) is 53.8 Å². The van der Waals surface area contributed by atoms with Crippen LogP contribution >= 0.6 is 11.8 Å². The van der Waals surface area contributed by atoms with Crippen LogP contribution in [0.1, 0.15) is 43.7 Å². The number of rotatable bonds is 4. The number of ketones is 1. The Morgan fingerprint density at radius 1 is 1.59 bits per heavy atom. The first-order valence-electron chi connectivity index (χ1n) is 5.48. The van der Waals surface area contributed by atoms with E-state index in [0.29, 0.717) is 5.69 Å². The normalized spacial score (nSPS) is 11.0. The fourth-order valence-electron chi connectivity index (χ4n) is 1.38. The number of pyridine rings is 1. The summed E-state index contributed by atoms with van der Waals surface area (Å²) in [5.41, 5.74) is 0.765. The lowest BCUT2D eigenvalue weighted by Crippen LogP contribution is -2.15. The van der Waals surface area contributed by atoms with E-state index in [1.807, 2.05) is 26.8 Å². The highest BCUT2D eigenvalue weighted by atomic mass is 32.2. The Kier molecular flexibility index (Phi) is 4.30. The third-order valence-corrected chi connectivity index (χ3v) is 3.40. The maximum Gasteiger partial charge on any atom is 0.179 e. The van der Waals surface area contributed by atoms with Gasteiger partial charge in [0.25, 0.3) is 0 Å². The summed E-state index contributed by atoms with van der Waals surface area (Å²) in [6, 6.07) is 4.15. The first-order valence-corrected chi connectivity index (χ1v) is 6.46. The van der Waals surface area contributed by atoms with Crippen molar-refractivity contribution in [2.45, 2.75) is 38.0 Å². The van der Waals surface area contributed by atoms with Crippen molar-refractivity contribution < 1.29 is 4.79 Å². The van der Waals surface area contributed by atoms with Crippen LogP contribution in [-0.2, 0) is 5.41 Å². The molecule has 0 aliphatic carbocycles. The van der Waals surface area contributed by atoms with E-state index in [1.165, 1.54) is 6.92 Å². The zero-order valence-corrected chi connectivity index (χ0v) is 11.4. The summed E-state index contributed by atoms with van der Waals surface area (Å²) in [5.74, 6) is 0.834. The molecule has 1 heterocycles. The Balaban J connectivity index is 3.29. The fourth-order valence-corrected chi connectivity index (χ4v) is 2.24. The maximum absolute atomic E-state index is 11.4. The van der Waals surface area contributed by atoms with Crippen LogP contribution in [-0.4, -0.2) is 16.5 Å². The van der Waals surface area contributed by atoms with Crippen molar-refractivity contribution in [3.8, 4) is 6.07 Å². The number of hydrogen-bond donors (Lipinski definition) is 0. The van der Waals surface area contributed by atoms with Gasteiger partial charge in [-0.3, -0.25) is 9.78 Å². The van der Waals surface area contributed by atoms with Crippen molar-refractivity contribution >= 4 is 17.5 Å². The number of hydrogen-bond acceptors (Lipinski definition) is 4. The first kappa shape index (κ1) is 13.7. The summed E-state index contributed by atoms with van der Waals surface area (Å²) >= 11 is 1.58. The number of carbonyl (C=O) groups excluding carboxylic acids is 1. The van der Waals surface area contributed by atoms with Crippen LogP contribution in [0, 0.1) is 11.3 Å². The van der Waals surface area contributed by atoms with Gasteiger partial charge in [0.05, 0.1) is 11.5 Å². The van der Waals surface area contributed by atoms with Gasteiger partial charge in [-0.05, 0) is 31.2 Å². The third kappa shape index (κ3) is 3.07. The largest absolute Gasteiger partial charge is 0.293 e. The van der Waals surface area contributed by atoms with E-state index >= 15 is 0 Å². The maximum atomic E-state index is 11.4. The highest BCUT2D eigenvalue weighted by molar-refractivity contribution is 7.99. The number of carbonyl (C=O) groups is 1. The standard InChI is InChI=1S/C13H16N2OS/c1-5-17-11-6-10(13(3,4)8-14)7-15-12(11)9(2)16/h6-7H,5H2,1-4H3. The van der Waals surface area contributed by atoms with Gasteiger partial charge < -0.3 is 0 Å². The van der Waals surface area contributed by atoms with Gasteiger partial charge in [-0.15, -0.1) is 11.8 Å². The van der Waals surface area contributed by atoms with E-state index in [2.05, 4.69) is 11.1 Å². The molecule has 0 amide bonds. The molecule has 0 aromatic carbocycles. The van der Waals surface area contributed by atoms with E-state index in [4.69, 9.17) is 5.26 Å². The summed E-state index contributed by atoms with van der Waals surface area (Å²) < 4.78 is 0. The molecule has 0 aliphatic heterocycles. The van der Waals surface area contributed by atoms with Gasteiger partial charge in [0.1, 0.15) is 5.69 Å². The van der Waals surface area contributed by atoms with Crippen LogP contribution in [0.5, 0.6) is 0 Å². The molecule has 90 valence electrons. The predicted molar refractivity (Wildman–Crippen MR) is 69.3 cm³/mol. The molecule has 0 radical (unpaired) electrons. The minimum atomic E-state index is -0.578. The predicted octanol–water partition coefficient (Wildman–Crippen LogP) is 3.20. The van der Waals surface area contributed by atoms with E-state index < -0.39 is 5.41 Å². The fraction of sp³-hybridized carbons (Fsp3) is 0.462. The Morgan fingerprint density at radius 2 is 2.24 bits per heavy atom. The number of thioether (sulfide) groups is 1. The van der Waals surface area contributed by atoms with Crippen LogP contribution in [0.4, 0.5) is 0 Å². The van der Waals surface area contributed by atoms with Gasteiger partial charge in [0, 0.05) is 18.0 Å². The Hall–Kier alpha value is -1.34. The van der Waals surface area contributed by atoms with Gasteiger partial charge in [-0.2, -0.15) is 5.26 Å². The average Bonchev–Trinajstić information content (AvgIpc) is 2.29. The molecule has 17 heavy (non-hydrogen) atoms. The Morgan fingerprint density at radius 3 is 2.71 bits per heavy atom. The molecular weight excluding hydrogens is 232 g/mol. The van der Waals surface area contributed by atoms with Crippen LogP contribution in [0.15, 0.2) is 17.2 Å². The molecule has 0 spiro atoms. The Labute approximate surface area is 106 Å². The highest BCUT2D eigenvalue weighted by Gasteiger charge is 2.22. The number of aromatic nitrogens is 1. The SMILES string of the molecule is CCSc1cc(C(C)(C)C#N)cnc1C(C)=O. The minimum absolute atomic E-state index is 0.0396. The van der Waals surface area contributed by atoms with Gasteiger partial charge >= 0.3 is 0 Å². The van der Waals surface area contributed by atoms with Crippen LogP contribution < -0.4 is 0 Å². The summed E-state index contributed by atoms with van der Waals surface area (Å²) in [6.45, 7) is 7.23. The molecule has 0 atom stereocenters. The van der Waals surface area contributed by atoms with Crippen molar-refractivity contribution in [1.29, 1.82) is 5.26 Å². The second-order valence-corrected chi connectivity index (χ2v) is 5.60. The molecule has 0 N–H and O–H groups in total. The molecule has 0 saturated carbocycles. The molecule has 0 fully saturated rings. The Bertz CT molecular complexity index is 475. The minimum Gasteiger partial charge on any atom is -0.293 e. The summed E-state index contributed by atoms with van der Waals surface area (Å²) in [4.78, 5) is 16.5. The van der Waals surface area contributed by atoms with Crippen LogP contribution in [0.2, 0.25) is 0 Å². The zero-order chi connectivity index (χ0) is 13.1. The van der Waals surface area contributed by atoms with Crippen molar-refractivity contribution in [1.82, 2.24) is 4.98 Å². The molecule has 0 aliphatic rings. The smallest absolute Gasteiger partial charge is 0.179 e. The second-order valence-electron chi connectivity index (χ2n) is 4.30. The van der Waals surface area contributed by atoms with Crippen LogP contribution in [0.3, 0.4) is 0 Å².